The first-order valence-electron chi connectivity index (χ1n) is 8.59. The Kier molecular flexibility index (Phi) is 5.84. The van der Waals surface area contributed by atoms with E-state index in [2.05, 4.69) is 19.2 Å². The zero-order valence-electron chi connectivity index (χ0n) is 14.8. The zero-order chi connectivity index (χ0) is 18.7. The summed E-state index contributed by atoms with van der Waals surface area (Å²) in [6, 6.07) is 13.2. The van der Waals surface area contributed by atoms with Crippen LogP contribution >= 0.6 is 23.2 Å². The number of carbonyl (C=O) groups is 1. The summed E-state index contributed by atoms with van der Waals surface area (Å²) in [5, 5.41) is 4.15. The first kappa shape index (κ1) is 18.7. The minimum absolute atomic E-state index is 0.0339. The van der Waals surface area contributed by atoms with Crippen molar-refractivity contribution in [2.24, 2.45) is 5.92 Å². The molecule has 0 bridgehead atoms. The minimum Gasteiger partial charge on any atom is -0.354 e. The number of nitrogens with one attached hydrogen (secondary N) is 1. The summed E-state index contributed by atoms with van der Waals surface area (Å²) in [4.78, 5) is 17.1. The zero-order valence-corrected chi connectivity index (χ0v) is 16.3. The summed E-state index contributed by atoms with van der Waals surface area (Å²) in [6.07, 6.45) is 0.463. The molecular weight excluding hydrogens is 369 g/mol. The van der Waals surface area contributed by atoms with Gasteiger partial charge in [0.1, 0.15) is 12.4 Å². The summed E-state index contributed by atoms with van der Waals surface area (Å²) >= 11 is 12.6. The van der Waals surface area contributed by atoms with E-state index in [1.807, 2.05) is 47.0 Å². The van der Waals surface area contributed by atoms with E-state index in [-0.39, 0.29) is 12.5 Å². The van der Waals surface area contributed by atoms with Crippen LogP contribution in [0.1, 0.15) is 25.2 Å². The number of fused-ring (bicyclic) bond motifs is 1. The Morgan fingerprint density at radius 3 is 2.50 bits per heavy atom. The van der Waals surface area contributed by atoms with Crippen LogP contribution in [-0.2, 0) is 17.8 Å². The molecule has 1 N–H and O–H groups in total. The number of amides is 1. The number of nitrogens with zero attached hydrogens (tertiary/aromatic N) is 2. The maximum absolute atomic E-state index is 12.4. The van der Waals surface area contributed by atoms with Crippen molar-refractivity contribution < 1.29 is 4.79 Å². The molecule has 4 nitrogen and oxygen atoms in total. The van der Waals surface area contributed by atoms with Crippen molar-refractivity contribution >= 4 is 40.1 Å². The van der Waals surface area contributed by atoms with E-state index in [0.717, 1.165) is 22.4 Å². The Morgan fingerprint density at radius 2 is 1.81 bits per heavy atom. The Labute approximate surface area is 163 Å². The summed E-state index contributed by atoms with van der Waals surface area (Å²) in [5.41, 5.74) is 2.59. The molecular formula is C20H21Cl2N3O. The highest BCUT2D eigenvalue weighted by Crippen LogP contribution is 2.28. The Bertz CT molecular complexity index is 914. The maximum Gasteiger partial charge on any atom is 0.240 e. The van der Waals surface area contributed by atoms with Crippen molar-refractivity contribution in [3.8, 4) is 0 Å². The third kappa shape index (κ3) is 4.19. The normalized spacial score (nSPS) is 11.3. The summed E-state index contributed by atoms with van der Waals surface area (Å²) in [7, 11) is 0. The molecule has 3 rings (SSSR count). The molecule has 0 spiro atoms. The van der Waals surface area contributed by atoms with Gasteiger partial charge in [0, 0.05) is 23.0 Å². The topological polar surface area (TPSA) is 46.9 Å². The molecule has 3 aromatic rings. The molecule has 1 heterocycles. The van der Waals surface area contributed by atoms with Gasteiger partial charge in [-0.25, -0.2) is 4.98 Å². The molecule has 0 aliphatic rings. The average Bonchev–Trinajstić information content (AvgIpc) is 2.94. The van der Waals surface area contributed by atoms with E-state index in [1.54, 1.807) is 0 Å². The highest BCUT2D eigenvalue weighted by atomic mass is 35.5. The molecule has 136 valence electrons. The van der Waals surface area contributed by atoms with Gasteiger partial charge in [0.25, 0.3) is 0 Å². The molecule has 0 fully saturated rings. The van der Waals surface area contributed by atoms with Gasteiger partial charge in [-0.1, -0.05) is 55.2 Å². The van der Waals surface area contributed by atoms with Crippen molar-refractivity contribution in [2.75, 3.05) is 6.54 Å². The van der Waals surface area contributed by atoms with Crippen molar-refractivity contribution in [3.63, 3.8) is 0 Å². The second-order valence-electron chi connectivity index (χ2n) is 6.68. The largest absolute Gasteiger partial charge is 0.354 e. The molecule has 0 aliphatic carbocycles. The van der Waals surface area contributed by atoms with Crippen LogP contribution in [0.4, 0.5) is 0 Å². The van der Waals surface area contributed by atoms with E-state index < -0.39 is 0 Å². The maximum atomic E-state index is 12.4. The fraction of sp³-hybridized carbons (Fsp3) is 0.300. The van der Waals surface area contributed by atoms with Gasteiger partial charge in [0.15, 0.2) is 0 Å². The number of aromatic nitrogens is 2. The predicted molar refractivity (Wildman–Crippen MR) is 107 cm³/mol. The van der Waals surface area contributed by atoms with Crippen LogP contribution < -0.4 is 5.32 Å². The molecule has 1 amide bonds. The third-order valence-electron chi connectivity index (χ3n) is 4.14. The number of halogens is 2. The molecule has 0 unspecified atom stereocenters. The Hall–Kier alpha value is -2.04. The van der Waals surface area contributed by atoms with Gasteiger partial charge in [-0.05, 0) is 35.7 Å². The molecule has 0 saturated carbocycles. The lowest BCUT2D eigenvalue weighted by atomic mass is 10.1. The fourth-order valence-electron chi connectivity index (χ4n) is 2.81. The lowest BCUT2D eigenvalue weighted by Crippen LogP contribution is -2.31. The van der Waals surface area contributed by atoms with Crippen LogP contribution in [0.2, 0.25) is 10.0 Å². The number of carbonyl (C=O) groups excluding carboxylic acids is 1. The molecule has 6 heteroatoms. The standard InChI is InChI=1S/C20H21Cl2N3O/c1-13(2)11-23-20(26)12-25-18-9-4-3-8-17(18)24-19(25)10-14-15(21)6-5-7-16(14)22/h3-9,13H,10-12H2,1-2H3,(H,23,26). The molecule has 0 aliphatic heterocycles. The van der Waals surface area contributed by atoms with Gasteiger partial charge in [0.2, 0.25) is 5.91 Å². The van der Waals surface area contributed by atoms with E-state index in [4.69, 9.17) is 28.2 Å². The molecule has 1 aromatic heterocycles. The van der Waals surface area contributed by atoms with E-state index in [0.29, 0.717) is 28.9 Å². The van der Waals surface area contributed by atoms with Crippen LogP contribution in [0.5, 0.6) is 0 Å². The lowest BCUT2D eigenvalue weighted by molar-refractivity contribution is -0.121. The quantitative estimate of drug-likeness (QED) is 0.663. The van der Waals surface area contributed by atoms with Crippen LogP contribution in [0, 0.1) is 5.92 Å². The molecule has 0 saturated heterocycles. The molecule has 26 heavy (non-hydrogen) atoms. The predicted octanol–water partition coefficient (Wildman–Crippen LogP) is 4.71. The second-order valence-corrected chi connectivity index (χ2v) is 7.49. The third-order valence-corrected chi connectivity index (χ3v) is 4.85. The molecule has 0 atom stereocenters. The summed E-state index contributed by atoms with van der Waals surface area (Å²) in [5.74, 6) is 1.13. The minimum atomic E-state index is -0.0339. The number of para-hydroxylation sites is 2. The van der Waals surface area contributed by atoms with Gasteiger partial charge in [-0.3, -0.25) is 4.79 Å². The monoisotopic (exact) mass is 389 g/mol. The van der Waals surface area contributed by atoms with Crippen molar-refractivity contribution in [1.29, 1.82) is 0 Å². The second kappa shape index (κ2) is 8.11. The van der Waals surface area contributed by atoms with E-state index in [1.165, 1.54) is 0 Å². The SMILES string of the molecule is CC(C)CNC(=O)Cn1c(Cc2c(Cl)cccc2Cl)nc2ccccc21. The van der Waals surface area contributed by atoms with Gasteiger partial charge in [-0.15, -0.1) is 0 Å². The lowest BCUT2D eigenvalue weighted by Gasteiger charge is -2.12. The molecule has 2 aromatic carbocycles. The van der Waals surface area contributed by atoms with E-state index >= 15 is 0 Å². The summed E-state index contributed by atoms with van der Waals surface area (Å²) in [6.45, 7) is 5.00. The first-order valence-corrected chi connectivity index (χ1v) is 9.35. The van der Waals surface area contributed by atoms with Crippen LogP contribution in [-0.4, -0.2) is 22.0 Å². The Morgan fingerprint density at radius 1 is 1.12 bits per heavy atom. The number of hydrogen-bond donors (Lipinski definition) is 1. The highest BCUT2D eigenvalue weighted by Gasteiger charge is 2.16. The van der Waals surface area contributed by atoms with Gasteiger partial charge >= 0.3 is 0 Å². The van der Waals surface area contributed by atoms with Gasteiger partial charge in [0.05, 0.1) is 11.0 Å². The van der Waals surface area contributed by atoms with Gasteiger partial charge < -0.3 is 9.88 Å². The van der Waals surface area contributed by atoms with Crippen LogP contribution in [0.15, 0.2) is 42.5 Å². The van der Waals surface area contributed by atoms with Crippen LogP contribution in [0.3, 0.4) is 0 Å². The molecule has 0 radical (unpaired) electrons. The summed E-state index contributed by atoms with van der Waals surface area (Å²) < 4.78 is 1.94. The fourth-order valence-corrected chi connectivity index (χ4v) is 3.34. The first-order chi connectivity index (χ1) is 12.5. The number of hydrogen-bond acceptors (Lipinski definition) is 2. The smallest absolute Gasteiger partial charge is 0.240 e. The number of imidazole rings is 1. The van der Waals surface area contributed by atoms with Crippen molar-refractivity contribution in [1.82, 2.24) is 14.9 Å². The van der Waals surface area contributed by atoms with Crippen molar-refractivity contribution in [3.05, 3.63) is 63.9 Å². The average molecular weight is 390 g/mol. The highest BCUT2D eigenvalue weighted by molar-refractivity contribution is 6.36. The Balaban J connectivity index is 1.96. The van der Waals surface area contributed by atoms with Crippen molar-refractivity contribution in [2.45, 2.75) is 26.8 Å². The van der Waals surface area contributed by atoms with E-state index in [9.17, 15) is 4.79 Å². The van der Waals surface area contributed by atoms with Crippen LogP contribution in [0.25, 0.3) is 11.0 Å². The number of benzene rings is 2. The number of rotatable bonds is 6. The van der Waals surface area contributed by atoms with Gasteiger partial charge in [-0.2, -0.15) is 0 Å².